The summed E-state index contributed by atoms with van der Waals surface area (Å²) in [5.74, 6) is 0.0360. The Bertz CT molecular complexity index is 408. The molecule has 15 heavy (non-hydrogen) atoms. The highest BCUT2D eigenvalue weighted by molar-refractivity contribution is 5.69. The fraction of sp³-hybridized carbons (Fsp3) is 0.250. The van der Waals surface area contributed by atoms with E-state index in [-0.39, 0.29) is 0 Å². The quantitative estimate of drug-likeness (QED) is 0.771. The number of allylic oxidation sites excluding steroid dienone is 3. The van der Waals surface area contributed by atoms with Gasteiger partial charge in [-0.3, -0.25) is 0 Å². The number of aryl methyl sites for hydroxylation is 1. The van der Waals surface area contributed by atoms with Crippen LogP contribution >= 0.6 is 0 Å². The van der Waals surface area contributed by atoms with E-state index in [1.807, 2.05) is 19.9 Å². The standard InChI is InChI=1S/C12H15FN2/c1-4-10(7-8(2)13)11-5-6-12(14)15-9(11)3/h5-7H,2,4H2,1,3H3,(H2,14,15). The second-order valence-corrected chi connectivity index (χ2v) is 3.34. The Hall–Kier alpha value is -1.64. The van der Waals surface area contributed by atoms with Gasteiger partial charge in [0.25, 0.3) is 0 Å². The van der Waals surface area contributed by atoms with Gasteiger partial charge in [-0.05, 0) is 42.7 Å². The smallest absolute Gasteiger partial charge is 0.123 e. The monoisotopic (exact) mass is 206 g/mol. The Morgan fingerprint density at radius 2 is 2.27 bits per heavy atom. The largest absolute Gasteiger partial charge is 0.384 e. The Morgan fingerprint density at radius 3 is 2.73 bits per heavy atom. The third kappa shape index (κ3) is 2.91. The highest BCUT2D eigenvalue weighted by Gasteiger charge is 2.05. The zero-order chi connectivity index (χ0) is 11.4. The lowest BCUT2D eigenvalue weighted by atomic mass is 10.0. The van der Waals surface area contributed by atoms with E-state index in [1.165, 1.54) is 6.08 Å². The van der Waals surface area contributed by atoms with Gasteiger partial charge in [0, 0.05) is 5.69 Å². The van der Waals surface area contributed by atoms with Gasteiger partial charge in [-0.1, -0.05) is 13.5 Å². The molecule has 0 aliphatic heterocycles. The van der Waals surface area contributed by atoms with Crippen LogP contribution < -0.4 is 5.73 Å². The summed E-state index contributed by atoms with van der Waals surface area (Å²) in [6.45, 7) is 7.05. The molecule has 0 fully saturated rings. The fourth-order valence-corrected chi connectivity index (χ4v) is 1.48. The highest BCUT2D eigenvalue weighted by atomic mass is 19.1. The summed E-state index contributed by atoms with van der Waals surface area (Å²) >= 11 is 0. The molecule has 0 aromatic carbocycles. The number of anilines is 1. The van der Waals surface area contributed by atoms with E-state index in [1.54, 1.807) is 6.07 Å². The number of pyridine rings is 1. The Labute approximate surface area is 89.3 Å². The molecule has 1 aromatic rings. The van der Waals surface area contributed by atoms with Crippen LogP contribution in [0, 0.1) is 6.92 Å². The van der Waals surface area contributed by atoms with E-state index in [9.17, 15) is 4.39 Å². The number of halogens is 1. The lowest BCUT2D eigenvalue weighted by Gasteiger charge is -2.08. The van der Waals surface area contributed by atoms with Gasteiger partial charge in [0.1, 0.15) is 11.6 Å². The van der Waals surface area contributed by atoms with Crippen molar-refractivity contribution in [3.8, 4) is 0 Å². The fourth-order valence-electron chi connectivity index (χ4n) is 1.48. The molecule has 1 heterocycles. The molecule has 1 aromatic heterocycles. The first-order valence-corrected chi connectivity index (χ1v) is 4.83. The molecular weight excluding hydrogens is 191 g/mol. The molecule has 0 radical (unpaired) electrons. The molecule has 2 N–H and O–H groups in total. The molecule has 0 bridgehead atoms. The molecule has 0 aliphatic carbocycles. The van der Waals surface area contributed by atoms with Crippen molar-refractivity contribution in [2.24, 2.45) is 0 Å². The molecule has 80 valence electrons. The number of rotatable bonds is 3. The minimum Gasteiger partial charge on any atom is -0.384 e. The predicted molar refractivity (Wildman–Crippen MR) is 61.9 cm³/mol. The Kier molecular flexibility index (Phi) is 3.61. The van der Waals surface area contributed by atoms with Gasteiger partial charge in [-0.15, -0.1) is 0 Å². The van der Waals surface area contributed by atoms with Gasteiger partial charge in [0.05, 0.1) is 0 Å². The van der Waals surface area contributed by atoms with E-state index in [0.717, 1.165) is 23.3 Å². The predicted octanol–water partition coefficient (Wildman–Crippen LogP) is 3.25. The number of nitrogens with zero attached hydrogens (tertiary/aromatic N) is 1. The number of hydrogen-bond acceptors (Lipinski definition) is 2. The second kappa shape index (κ2) is 4.73. The summed E-state index contributed by atoms with van der Waals surface area (Å²) in [4.78, 5) is 4.13. The van der Waals surface area contributed by atoms with Crippen molar-refractivity contribution in [1.29, 1.82) is 0 Å². The zero-order valence-corrected chi connectivity index (χ0v) is 9.05. The molecular formula is C12H15FN2. The molecule has 0 aliphatic rings. The number of aromatic nitrogens is 1. The summed E-state index contributed by atoms with van der Waals surface area (Å²) < 4.78 is 12.7. The van der Waals surface area contributed by atoms with E-state index in [4.69, 9.17) is 5.73 Å². The van der Waals surface area contributed by atoms with Crippen LogP contribution in [0.5, 0.6) is 0 Å². The van der Waals surface area contributed by atoms with Gasteiger partial charge >= 0.3 is 0 Å². The van der Waals surface area contributed by atoms with E-state index < -0.39 is 5.83 Å². The van der Waals surface area contributed by atoms with Crippen molar-refractivity contribution in [2.45, 2.75) is 20.3 Å². The molecule has 1 rings (SSSR count). The number of nitrogens with two attached hydrogens (primary N) is 1. The summed E-state index contributed by atoms with van der Waals surface area (Å²) in [6.07, 6.45) is 2.16. The summed E-state index contributed by atoms with van der Waals surface area (Å²) in [5.41, 5.74) is 8.16. The van der Waals surface area contributed by atoms with Gasteiger partial charge in [0.15, 0.2) is 0 Å². The highest BCUT2D eigenvalue weighted by Crippen LogP contribution is 2.23. The van der Waals surface area contributed by atoms with Crippen molar-refractivity contribution in [3.63, 3.8) is 0 Å². The van der Waals surface area contributed by atoms with E-state index in [0.29, 0.717) is 5.82 Å². The van der Waals surface area contributed by atoms with Crippen LogP contribution in [0.25, 0.3) is 5.57 Å². The number of nitrogen functional groups attached to an aromatic ring is 1. The van der Waals surface area contributed by atoms with Crippen LogP contribution in [-0.4, -0.2) is 4.98 Å². The maximum atomic E-state index is 12.7. The minimum atomic E-state index is -0.442. The van der Waals surface area contributed by atoms with E-state index >= 15 is 0 Å². The van der Waals surface area contributed by atoms with Gasteiger partial charge in [-0.2, -0.15) is 0 Å². The first-order valence-electron chi connectivity index (χ1n) is 4.83. The lowest BCUT2D eigenvalue weighted by Crippen LogP contribution is -1.96. The van der Waals surface area contributed by atoms with Crippen LogP contribution in [0.3, 0.4) is 0 Å². The maximum Gasteiger partial charge on any atom is 0.123 e. The maximum absolute atomic E-state index is 12.7. The van der Waals surface area contributed by atoms with Crippen molar-refractivity contribution < 1.29 is 4.39 Å². The molecule has 0 atom stereocenters. The normalized spacial score (nSPS) is 11.5. The van der Waals surface area contributed by atoms with Crippen molar-refractivity contribution in [1.82, 2.24) is 4.98 Å². The molecule has 0 spiro atoms. The van der Waals surface area contributed by atoms with Crippen molar-refractivity contribution >= 4 is 11.4 Å². The van der Waals surface area contributed by atoms with Crippen LogP contribution in [0.4, 0.5) is 10.2 Å². The summed E-state index contributed by atoms with van der Waals surface area (Å²) in [5, 5.41) is 0. The lowest BCUT2D eigenvalue weighted by molar-refractivity contribution is 0.671. The Morgan fingerprint density at radius 1 is 1.60 bits per heavy atom. The van der Waals surface area contributed by atoms with Gasteiger partial charge < -0.3 is 5.73 Å². The molecule has 0 amide bonds. The van der Waals surface area contributed by atoms with Crippen LogP contribution in [-0.2, 0) is 0 Å². The molecule has 0 saturated heterocycles. The topological polar surface area (TPSA) is 38.9 Å². The first-order chi connectivity index (χ1) is 7.04. The molecule has 3 heteroatoms. The SMILES string of the molecule is C=C(F)C=C(CC)c1ccc(N)nc1C. The van der Waals surface area contributed by atoms with Crippen molar-refractivity contribution in [2.75, 3.05) is 5.73 Å². The van der Waals surface area contributed by atoms with E-state index in [2.05, 4.69) is 11.6 Å². The second-order valence-electron chi connectivity index (χ2n) is 3.34. The van der Waals surface area contributed by atoms with Gasteiger partial charge in [-0.25, -0.2) is 9.37 Å². The summed E-state index contributed by atoms with van der Waals surface area (Å²) in [7, 11) is 0. The first kappa shape index (κ1) is 11.4. The van der Waals surface area contributed by atoms with Crippen LogP contribution in [0.1, 0.15) is 24.6 Å². The average Bonchev–Trinajstić information content (AvgIpc) is 2.14. The van der Waals surface area contributed by atoms with Crippen molar-refractivity contribution in [3.05, 3.63) is 41.9 Å². The number of hydrogen-bond donors (Lipinski definition) is 1. The third-order valence-corrected chi connectivity index (χ3v) is 2.17. The molecule has 0 unspecified atom stereocenters. The molecule has 2 nitrogen and oxygen atoms in total. The third-order valence-electron chi connectivity index (χ3n) is 2.17. The average molecular weight is 206 g/mol. The zero-order valence-electron chi connectivity index (χ0n) is 9.05. The minimum absolute atomic E-state index is 0.442. The van der Waals surface area contributed by atoms with Crippen LogP contribution in [0.2, 0.25) is 0 Å². The van der Waals surface area contributed by atoms with Gasteiger partial charge in [0.2, 0.25) is 0 Å². The van der Waals surface area contributed by atoms with Crippen LogP contribution in [0.15, 0.2) is 30.6 Å². The summed E-state index contributed by atoms with van der Waals surface area (Å²) in [6, 6.07) is 3.57. The molecule has 0 saturated carbocycles. The Balaban J connectivity index is 3.19.